The number of amides is 1. The molecule has 3 rings (SSSR count). The first-order chi connectivity index (χ1) is 12.4. The molecular weight excluding hydrogens is 356 g/mol. The molecule has 0 unspecified atom stereocenters. The first-order valence-corrected chi connectivity index (χ1v) is 9.22. The molecule has 0 aliphatic carbocycles. The van der Waals surface area contributed by atoms with Crippen LogP contribution in [0.2, 0.25) is 0 Å². The van der Waals surface area contributed by atoms with Gasteiger partial charge in [0.25, 0.3) is 11.8 Å². The second-order valence-electron chi connectivity index (χ2n) is 5.32. The van der Waals surface area contributed by atoms with E-state index in [1.165, 1.54) is 36.4 Å². The highest BCUT2D eigenvalue weighted by Gasteiger charge is 2.19. The number of rotatable bonds is 4. The monoisotopic (exact) mass is 368 g/mol. The third-order valence-corrected chi connectivity index (χ3v) is 4.59. The van der Waals surface area contributed by atoms with E-state index in [0.29, 0.717) is 11.1 Å². The van der Waals surface area contributed by atoms with Gasteiger partial charge in [0.1, 0.15) is 0 Å². The van der Waals surface area contributed by atoms with Crippen molar-refractivity contribution in [2.24, 2.45) is 0 Å². The predicted octanol–water partition coefficient (Wildman–Crippen LogP) is 2.26. The van der Waals surface area contributed by atoms with Gasteiger partial charge in [0.15, 0.2) is 9.84 Å². The Morgan fingerprint density at radius 1 is 1.12 bits per heavy atom. The van der Waals surface area contributed by atoms with Crippen molar-refractivity contribution in [3.63, 3.8) is 0 Å². The Kier molecular flexibility index (Phi) is 4.51. The standard InChI is InChI=1S/C17H12N4O4S/c1-26(23,24)14-5-3-2-4-13(14)16-20-21-17(25-16)19-15(22)12-8-6-11(10-18)7-9-12/h2-9H,1H3,(H,19,21,22). The number of benzene rings is 2. The Balaban J connectivity index is 1.85. The van der Waals surface area contributed by atoms with Crippen LogP contribution in [0.4, 0.5) is 6.01 Å². The fourth-order valence-corrected chi connectivity index (χ4v) is 3.10. The molecule has 0 aliphatic heterocycles. The van der Waals surface area contributed by atoms with Crippen LogP contribution in [-0.4, -0.2) is 30.8 Å². The van der Waals surface area contributed by atoms with Crippen molar-refractivity contribution in [2.75, 3.05) is 11.6 Å². The Hall–Kier alpha value is -3.51. The first-order valence-electron chi connectivity index (χ1n) is 7.33. The van der Waals surface area contributed by atoms with E-state index in [1.807, 2.05) is 6.07 Å². The SMILES string of the molecule is CS(=O)(=O)c1ccccc1-c1nnc(NC(=O)c2ccc(C#N)cc2)o1. The quantitative estimate of drug-likeness (QED) is 0.748. The Morgan fingerprint density at radius 3 is 2.46 bits per heavy atom. The van der Waals surface area contributed by atoms with Crippen LogP contribution >= 0.6 is 0 Å². The van der Waals surface area contributed by atoms with Crippen LogP contribution in [0.15, 0.2) is 57.8 Å². The van der Waals surface area contributed by atoms with Gasteiger partial charge in [-0.25, -0.2) is 8.42 Å². The smallest absolute Gasteiger partial charge is 0.322 e. The molecule has 0 bridgehead atoms. The molecule has 8 nitrogen and oxygen atoms in total. The molecule has 1 heterocycles. The van der Waals surface area contributed by atoms with E-state index >= 15 is 0 Å². The normalized spacial score (nSPS) is 10.9. The van der Waals surface area contributed by atoms with E-state index in [-0.39, 0.29) is 22.4 Å². The fraction of sp³-hybridized carbons (Fsp3) is 0.0588. The van der Waals surface area contributed by atoms with Crippen molar-refractivity contribution in [3.8, 4) is 17.5 Å². The number of anilines is 1. The van der Waals surface area contributed by atoms with Gasteiger partial charge in [-0.15, -0.1) is 5.10 Å². The molecule has 3 aromatic rings. The van der Waals surface area contributed by atoms with Gasteiger partial charge in [0.05, 0.1) is 22.1 Å². The molecule has 26 heavy (non-hydrogen) atoms. The van der Waals surface area contributed by atoms with Gasteiger partial charge in [-0.1, -0.05) is 17.2 Å². The van der Waals surface area contributed by atoms with Gasteiger partial charge in [-0.05, 0) is 36.4 Å². The molecular formula is C17H12N4O4S. The van der Waals surface area contributed by atoms with E-state index in [0.717, 1.165) is 6.26 Å². The summed E-state index contributed by atoms with van der Waals surface area (Å²) >= 11 is 0. The largest absolute Gasteiger partial charge is 0.403 e. The lowest BCUT2D eigenvalue weighted by Crippen LogP contribution is -2.12. The molecule has 1 aromatic heterocycles. The fourth-order valence-electron chi connectivity index (χ4n) is 2.21. The van der Waals surface area contributed by atoms with Crippen LogP contribution in [0.3, 0.4) is 0 Å². The van der Waals surface area contributed by atoms with Crippen molar-refractivity contribution < 1.29 is 17.6 Å². The van der Waals surface area contributed by atoms with Crippen molar-refractivity contribution in [1.82, 2.24) is 10.2 Å². The summed E-state index contributed by atoms with van der Waals surface area (Å²) in [6, 6.07) is 14.0. The lowest BCUT2D eigenvalue weighted by atomic mass is 10.1. The molecule has 130 valence electrons. The molecule has 0 saturated carbocycles. The molecule has 9 heteroatoms. The third-order valence-electron chi connectivity index (χ3n) is 3.44. The lowest BCUT2D eigenvalue weighted by Gasteiger charge is -2.03. The number of nitriles is 1. The maximum absolute atomic E-state index is 12.2. The average molecular weight is 368 g/mol. The summed E-state index contributed by atoms with van der Waals surface area (Å²) in [6.45, 7) is 0. The first kappa shape index (κ1) is 17.3. The minimum absolute atomic E-state index is 0.0267. The third kappa shape index (κ3) is 3.60. The molecule has 0 spiro atoms. The number of hydrogen-bond donors (Lipinski definition) is 1. The van der Waals surface area contributed by atoms with Crippen molar-refractivity contribution in [2.45, 2.75) is 4.90 Å². The highest BCUT2D eigenvalue weighted by molar-refractivity contribution is 7.90. The topological polar surface area (TPSA) is 126 Å². The molecule has 0 aliphatic rings. The number of aromatic nitrogens is 2. The van der Waals surface area contributed by atoms with Crippen LogP contribution < -0.4 is 5.32 Å². The highest BCUT2D eigenvalue weighted by atomic mass is 32.2. The molecule has 0 atom stereocenters. The number of nitrogens with zero attached hydrogens (tertiary/aromatic N) is 3. The van der Waals surface area contributed by atoms with Crippen molar-refractivity contribution >= 4 is 21.8 Å². The second-order valence-corrected chi connectivity index (χ2v) is 7.31. The van der Waals surface area contributed by atoms with Gasteiger partial charge in [0, 0.05) is 11.8 Å². The predicted molar refractivity (Wildman–Crippen MR) is 92.0 cm³/mol. The van der Waals surface area contributed by atoms with Crippen LogP contribution in [0, 0.1) is 11.3 Å². The summed E-state index contributed by atoms with van der Waals surface area (Å²) in [5, 5.41) is 18.7. The second kappa shape index (κ2) is 6.78. The summed E-state index contributed by atoms with van der Waals surface area (Å²) in [4.78, 5) is 12.2. The number of nitrogens with one attached hydrogen (secondary N) is 1. The van der Waals surface area contributed by atoms with E-state index in [2.05, 4.69) is 15.5 Å². The maximum atomic E-state index is 12.2. The molecule has 0 radical (unpaired) electrons. The van der Waals surface area contributed by atoms with E-state index < -0.39 is 15.7 Å². The Bertz CT molecular complexity index is 1110. The zero-order chi connectivity index (χ0) is 18.7. The Morgan fingerprint density at radius 2 is 1.81 bits per heavy atom. The summed E-state index contributed by atoms with van der Waals surface area (Å²) in [7, 11) is -3.49. The number of carbonyl (C=O) groups is 1. The maximum Gasteiger partial charge on any atom is 0.322 e. The minimum atomic E-state index is -3.49. The molecule has 2 aromatic carbocycles. The molecule has 1 N–H and O–H groups in total. The molecule has 1 amide bonds. The average Bonchev–Trinajstić information content (AvgIpc) is 3.09. The van der Waals surface area contributed by atoms with Crippen molar-refractivity contribution in [3.05, 3.63) is 59.7 Å². The van der Waals surface area contributed by atoms with Gasteiger partial charge < -0.3 is 4.42 Å². The van der Waals surface area contributed by atoms with E-state index in [1.54, 1.807) is 12.1 Å². The molecule has 0 fully saturated rings. The number of sulfone groups is 1. The summed E-state index contributed by atoms with van der Waals surface area (Å²) in [6.07, 6.45) is 1.08. The van der Waals surface area contributed by atoms with Gasteiger partial charge >= 0.3 is 6.01 Å². The molecule has 0 saturated heterocycles. The van der Waals surface area contributed by atoms with Crippen LogP contribution in [0.1, 0.15) is 15.9 Å². The van der Waals surface area contributed by atoms with Gasteiger partial charge in [-0.3, -0.25) is 10.1 Å². The van der Waals surface area contributed by atoms with Crippen LogP contribution in [0.5, 0.6) is 0 Å². The zero-order valence-electron chi connectivity index (χ0n) is 13.5. The van der Waals surface area contributed by atoms with E-state index in [9.17, 15) is 13.2 Å². The lowest BCUT2D eigenvalue weighted by molar-refractivity contribution is 0.102. The minimum Gasteiger partial charge on any atom is -0.403 e. The summed E-state index contributed by atoms with van der Waals surface area (Å²) in [5.74, 6) is -0.526. The van der Waals surface area contributed by atoms with E-state index in [4.69, 9.17) is 9.68 Å². The number of hydrogen-bond acceptors (Lipinski definition) is 7. The van der Waals surface area contributed by atoms with Crippen LogP contribution in [-0.2, 0) is 9.84 Å². The summed E-state index contributed by atoms with van der Waals surface area (Å²) in [5.41, 5.74) is 0.987. The van der Waals surface area contributed by atoms with Gasteiger partial charge in [-0.2, -0.15) is 5.26 Å². The van der Waals surface area contributed by atoms with Crippen LogP contribution in [0.25, 0.3) is 11.5 Å². The van der Waals surface area contributed by atoms with Crippen molar-refractivity contribution in [1.29, 1.82) is 5.26 Å². The zero-order valence-corrected chi connectivity index (χ0v) is 14.3. The van der Waals surface area contributed by atoms with Gasteiger partial charge in [0.2, 0.25) is 0 Å². The Labute approximate surface area is 149 Å². The highest BCUT2D eigenvalue weighted by Crippen LogP contribution is 2.27. The number of carbonyl (C=O) groups excluding carboxylic acids is 1. The summed E-state index contributed by atoms with van der Waals surface area (Å²) < 4.78 is 29.1.